The molecule has 0 aliphatic rings. The molecule has 1 atom stereocenters. The standard InChI is InChI=1S/C11H14FNO2/c1-2-3-9(13-15)6-8-4-5-10(12)11(14)7-8/h4-5,7,9,14H,2-3,6H2,1H3. The fourth-order valence-corrected chi connectivity index (χ4v) is 1.48. The predicted octanol–water partition coefficient (Wildman–Crippen LogP) is 3.01. The molecule has 0 saturated carbocycles. The molecule has 1 N–H and O–H groups in total. The zero-order valence-electron chi connectivity index (χ0n) is 8.61. The van der Waals surface area contributed by atoms with E-state index in [4.69, 9.17) is 5.11 Å². The number of benzene rings is 1. The normalized spacial score (nSPS) is 12.4. The molecule has 15 heavy (non-hydrogen) atoms. The predicted molar refractivity (Wildman–Crippen MR) is 56.3 cm³/mol. The Morgan fingerprint density at radius 3 is 2.80 bits per heavy atom. The third kappa shape index (κ3) is 3.31. The number of aromatic hydroxyl groups is 1. The summed E-state index contributed by atoms with van der Waals surface area (Å²) in [6, 6.07) is 3.80. The molecule has 0 fully saturated rings. The number of rotatable bonds is 5. The van der Waals surface area contributed by atoms with Gasteiger partial charge in [-0.25, -0.2) is 4.39 Å². The van der Waals surface area contributed by atoms with Crippen LogP contribution in [0, 0.1) is 10.7 Å². The largest absolute Gasteiger partial charge is 0.505 e. The molecular weight excluding hydrogens is 197 g/mol. The van der Waals surface area contributed by atoms with Crippen molar-refractivity contribution in [3.63, 3.8) is 0 Å². The number of nitrogens with zero attached hydrogens (tertiary/aromatic N) is 1. The van der Waals surface area contributed by atoms with Crippen molar-refractivity contribution in [2.24, 2.45) is 5.18 Å². The summed E-state index contributed by atoms with van der Waals surface area (Å²) in [6.45, 7) is 1.97. The van der Waals surface area contributed by atoms with E-state index in [-0.39, 0.29) is 11.8 Å². The first-order valence-electron chi connectivity index (χ1n) is 4.97. The van der Waals surface area contributed by atoms with Gasteiger partial charge < -0.3 is 5.11 Å². The minimum Gasteiger partial charge on any atom is -0.505 e. The maximum atomic E-state index is 12.7. The van der Waals surface area contributed by atoms with Crippen molar-refractivity contribution in [3.05, 3.63) is 34.5 Å². The molecular formula is C11H14FNO2. The Morgan fingerprint density at radius 1 is 1.53 bits per heavy atom. The van der Waals surface area contributed by atoms with E-state index in [2.05, 4.69) is 5.18 Å². The van der Waals surface area contributed by atoms with Crippen molar-refractivity contribution < 1.29 is 9.50 Å². The van der Waals surface area contributed by atoms with Crippen molar-refractivity contribution in [2.75, 3.05) is 0 Å². The van der Waals surface area contributed by atoms with Gasteiger partial charge in [0.15, 0.2) is 11.6 Å². The third-order valence-electron chi connectivity index (χ3n) is 2.25. The van der Waals surface area contributed by atoms with Crippen molar-refractivity contribution in [2.45, 2.75) is 32.2 Å². The van der Waals surface area contributed by atoms with Gasteiger partial charge in [0.1, 0.15) is 0 Å². The minimum atomic E-state index is -0.648. The van der Waals surface area contributed by atoms with Crippen LogP contribution in [0.2, 0.25) is 0 Å². The van der Waals surface area contributed by atoms with E-state index in [1.807, 2.05) is 6.92 Å². The lowest BCUT2D eigenvalue weighted by atomic mass is 10.0. The monoisotopic (exact) mass is 211 g/mol. The van der Waals surface area contributed by atoms with Crippen molar-refractivity contribution in [3.8, 4) is 5.75 Å². The molecule has 0 saturated heterocycles. The average Bonchev–Trinajstić information content (AvgIpc) is 2.23. The summed E-state index contributed by atoms with van der Waals surface area (Å²) >= 11 is 0. The molecule has 4 heteroatoms. The second kappa shape index (κ2) is 5.44. The molecule has 3 nitrogen and oxygen atoms in total. The van der Waals surface area contributed by atoms with Gasteiger partial charge in [0.05, 0.1) is 6.04 Å². The Labute approximate surface area is 87.9 Å². The van der Waals surface area contributed by atoms with Crippen LogP contribution in [0.5, 0.6) is 5.75 Å². The van der Waals surface area contributed by atoms with Gasteiger partial charge >= 0.3 is 0 Å². The lowest BCUT2D eigenvalue weighted by molar-refractivity contribution is 0.431. The number of nitroso groups, excluding NO2 is 1. The maximum Gasteiger partial charge on any atom is 0.164 e. The Hall–Kier alpha value is -1.45. The van der Waals surface area contributed by atoms with Gasteiger partial charge in [-0.2, -0.15) is 4.91 Å². The zero-order chi connectivity index (χ0) is 11.3. The number of halogens is 1. The highest BCUT2D eigenvalue weighted by Crippen LogP contribution is 2.19. The lowest BCUT2D eigenvalue weighted by Gasteiger charge is -2.07. The van der Waals surface area contributed by atoms with Gasteiger partial charge in [-0.3, -0.25) is 0 Å². The van der Waals surface area contributed by atoms with Gasteiger partial charge in [-0.05, 0) is 30.5 Å². The maximum absolute atomic E-state index is 12.7. The summed E-state index contributed by atoms with van der Waals surface area (Å²) in [7, 11) is 0. The molecule has 1 aromatic carbocycles. The molecule has 0 bridgehead atoms. The van der Waals surface area contributed by atoms with Gasteiger partial charge in [-0.1, -0.05) is 24.6 Å². The Kier molecular flexibility index (Phi) is 4.21. The zero-order valence-corrected chi connectivity index (χ0v) is 8.61. The Morgan fingerprint density at radius 2 is 2.27 bits per heavy atom. The molecule has 82 valence electrons. The van der Waals surface area contributed by atoms with Crippen LogP contribution in [-0.4, -0.2) is 11.1 Å². The van der Waals surface area contributed by atoms with Crippen LogP contribution < -0.4 is 0 Å². The highest BCUT2D eigenvalue weighted by Gasteiger charge is 2.10. The molecule has 0 spiro atoms. The van der Waals surface area contributed by atoms with E-state index in [0.717, 1.165) is 12.0 Å². The number of hydrogen-bond donors (Lipinski definition) is 1. The first-order chi connectivity index (χ1) is 7.17. The number of hydrogen-bond acceptors (Lipinski definition) is 3. The Balaban J connectivity index is 2.70. The van der Waals surface area contributed by atoms with Crippen LogP contribution >= 0.6 is 0 Å². The van der Waals surface area contributed by atoms with E-state index >= 15 is 0 Å². The second-order valence-corrected chi connectivity index (χ2v) is 3.54. The third-order valence-corrected chi connectivity index (χ3v) is 2.25. The molecule has 1 aromatic rings. The van der Waals surface area contributed by atoms with E-state index in [1.54, 1.807) is 6.07 Å². The molecule has 0 heterocycles. The molecule has 0 aliphatic carbocycles. The van der Waals surface area contributed by atoms with Crippen molar-refractivity contribution in [1.29, 1.82) is 0 Å². The summed E-state index contributed by atoms with van der Waals surface area (Å²) in [5, 5.41) is 12.1. The summed E-state index contributed by atoms with van der Waals surface area (Å²) in [5.74, 6) is -1.03. The van der Waals surface area contributed by atoms with Gasteiger partial charge in [0, 0.05) is 0 Å². The van der Waals surface area contributed by atoms with Crippen LogP contribution in [0.4, 0.5) is 4.39 Å². The molecule has 0 aliphatic heterocycles. The molecule has 1 unspecified atom stereocenters. The van der Waals surface area contributed by atoms with Crippen LogP contribution in [0.15, 0.2) is 23.4 Å². The fourth-order valence-electron chi connectivity index (χ4n) is 1.48. The quantitative estimate of drug-likeness (QED) is 0.761. The summed E-state index contributed by atoms with van der Waals surface area (Å²) in [6.07, 6.45) is 2.04. The summed E-state index contributed by atoms with van der Waals surface area (Å²) in [4.78, 5) is 10.5. The van der Waals surface area contributed by atoms with E-state index < -0.39 is 5.82 Å². The fraction of sp³-hybridized carbons (Fsp3) is 0.455. The topological polar surface area (TPSA) is 49.7 Å². The Bertz CT molecular complexity index is 341. The van der Waals surface area contributed by atoms with E-state index in [9.17, 15) is 9.30 Å². The molecule has 0 radical (unpaired) electrons. The molecule has 1 rings (SSSR count). The van der Waals surface area contributed by atoms with Crippen LogP contribution in [0.25, 0.3) is 0 Å². The minimum absolute atomic E-state index is 0.292. The first-order valence-corrected chi connectivity index (χ1v) is 4.97. The van der Waals surface area contributed by atoms with Gasteiger partial charge in [0.25, 0.3) is 0 Å². The van der Waals surface area contributed by atoms with E-state index in [1.165, 1.54) is 12.1 Å². The summed E-state index contributed by atoms with van der Waals surface area (Å²) < 4.78 is 12.7. The first kappa shape index (κ1) is 11.6. The van der Waals surface area contributed by atoms with Gasteiger partial charge in [-0.15, -0.1) is 0 Å². The lowest BCUT2D eigenvalue weighted by Crippen LogP contribution is -2.07. The van der Waals surface area contributed by atoms with Crippen LogP contribution in [-0.2, 0) is 6.42 Å². The smallest absolute Gasteiger partial charge is 0.164 e. The SMILES string of the molecule is CCCC(Cc1ccc(F)c(O)c1)N=O. The molecule has 0 aromatic heterocycles. The van der Waals surface area contributed by atoms with Crippen LogP contribution in [0.1, 0.15) is 25.3 Å². The van der Waals surface area contributed by atoms with Crippen molar-refractivity contribution in [1.82, 2.24) is 0 Å². The van der Waals surface area contributed by atoms with Crippen LogP contribution in [0.3, 0.4) is 0 Å². The highest BCUT2D eigenvalue weighted by atomic mass is 19.1. The molecule has 0 amide bonds. The number of phenols is 1. The average molecular weight is 211 g/mol. The van der Waals surface area contributed by atoms with Gasteiger partial charge in [0.2, 0.25) is 0 Å². The summed E-state index contributed by atoms with van der Waals surface area (Å²) in [5.41, 5.74) is 0.729. The number of phenolic OH excluding ortho intramolecular Hbond substituents is 1. The van der Waals surface area contributed by atoms with E-state index in [0.29, 0.717) is 12.8 Å². The van der Waals surface area contributed by atoms with Crippen molar-refractivity contribution >= 4 is 0 Å². The second-order valence-electron chi connectivity index (χ2n) is 3.54. The highest BCUT2D eigenvalue weighted by molar-refractivity contribution is 5.29.